The van der Waals surface area contributed by atoms with Crippen LogP contribution >= 0.6 is 0 Å². The van der Waals surface area contributed by atoms with Crippen LogP contribution in [-0.2, 0) is 0 Å². The summed E-state index contributed by atoms with van der Waals surface area (Å²) in [5.41, 5.74) is 0.739. The van der Waals surface area contributed by atoms with E-state index < -0.39 is 0 Å². The average Bonchev–Trinajstić information content (AvgIpc) is 3.06. The van der Waals surface area contributed by atoms with Crippen LogP contribution in [0.25, 0.3) is 0 Å². The van der Waals surface area contributed by atoms with Crippen molar-refractivity contribution in [2.75, 3.05) is 0 Å². The van der Waals surface area contributed by atoms with Crippen molar-refractivity contribution < 1.29 is 0 Å². The zero-order chi connectivity index (χ0) is 33.0. The molecule has 47 heavy (non-hydrogen) atoms. The van der Waals surface area contributed by atoms with E-state index in [9.17, 15) is 0 Å². The molecule has 0 heterocycles. The van der Waals surface area contributed by atoms with Gasteiger partial charge in [0.2, 0.25) is 0 Å². The van der Waals surface area contributed by atoms with Gasteiger partial charge < -0.3 is 0 Å². The van der Waals surface area contributed by atoms with Crippen molar-refractivity contribution in [2.45, 2.75) is 295 Å². The van der Waals surface area contributed by atoms with Crippen molar-refractivity contribution in [1.82, 2.24) is 0 Å². The molecule has 0 aromatic carbocycles. The second kappa shape index (κ2) is 34.4. The van der Waals surface area contributed by atoms with Gasteiger partial charge in [0.1, 0.15) is 0 Å². The Morgan fingerprint density at radius 1 is 0.106 bits per heavy atom. The first kappa shape index (κ1) is 43.2. The molecule has 0 radical (unpaired) electrons. The van der Waals surface area contributed by atoms with Crippen LogP contribution in [0.3, 0.4) is 0 Å². The molecule has 0 aromatic rings. The molecule has 4 rings (SSSR count). The summed E-state index contributed by atoms with van der Waals surface area (Å²) in [4.78, 5) is 0. The second-order valence-corrected chi connectivity index (χ2v) is 17.3. The maximum absolute atomic E-state index is 1.56. The summed E-state index contributed by atoms with van der Waals surface area (Å²) < 4.78 is 0. The fourth-order valence-corrected chi connectivity index (χ4v) is 9.47. The lowest BCUT2D eigenvalue weighted by Crippen LogP contribution is -2.22. The van der Waals surface area contributed by atoms with Gasteiger partial charge in [-0.1, -0.05) is 270 Å². The van der Waals surface area contributed by atoms with Crippen LogP contribution < -0.4 is 0 Å². The van der Waals surface area contributed by atoms with Crippen LogP contribution in [0.15, 0.2) is 0 Å². The van der Waals surface area contributed by atoms with Crippen molar-refractivity contribution in [3.05, 3.63) is 0 Å². The number of hydrogen-bond donors (Lipinski definition) is 0. The van der Waals surface area contributed by atoms with Crippen LogP contribution in [-0.4, -0.2) is 0 Å². The summed E-state index contributed by atoms with van der Waals surface area (Å²) in [5, 5.41) is 0. The molecule has 0 amide bonds. The predicted molar refractivity (Wildman–Crippen MR) is 215 cm³/mol. The van der Waals surface area contributed by atoms with Crippen molar-refractivity contribution in [2.24, 2.45) is 5.41 Å². The molecule has 280 valence electrons. The molecule has 4 saturated carbocycles. The molecule has 4 aliphatic carbocycles. The quantitative estimate of drug-likeness (QED) is 0.243. The summed E-state index contributed by atoms with van der Waals surface area (Å²) in [6.45, 7) is 0. The van der Waals surface area contributed by atoms with Gasteiger partial charge in [-0.05, 0) is 31.1 Å². The highest BCUT2D eigenvalue weighted by atomic mass is 14.3. The lowest BCUT2D eigenvalue weighted by Gasteiger charge is -2.35. The molecule has 0 nitrogen and oxygen atoms in total. The fourth-order valence-electron chi connectivity index (χ4n) is 9.47. The molecule has 0 N–H and O–H groups in total. The minimum Gasteiger partial charge on any atom is -0.0533 e. The maximum atomic E-state index is 1.56. The van der Waals surface area contributed by atoms with E-state index in [2.05, 4.69) is 0 Å². The highest BCUT2D eigenvalue weighted by Crippen LogP contribution is 2.42. The van der Waals surface area contributed by atoms with Crippen molar-refractivity contribution in [1.29, 1.82) is 0 Å². The number of hydrogen-bond acceptors (Lipinski definition) is 0. The van der Waals surface area contributed by atoms with E-state index in [4.69, 9.17) is 0 Å². The lowest BCUT2D eigenvalue weighted by atomic mass is 9.70. The van der Waals surface area contributed by atoms with Crippen LogP contribution in [0.5, 0.6) is 0 Å². The van der Waals surface area contributed by atoms with Gasteiger partial charge in [-0.3, -0.25) is 0 Å². The Hall–Kier alpha value is 0. The van der Waals surface area contributed by atoms with E-state index in [-0.39, 0.29) is 0 Å². The molecular formula is C47H92. The van der Waals surface area contributed by atoms with Gasteiger partial charge in [0.05, 0.1) is 0 Å². The first-order chi connectivity index (χ1) is 23.4. The zero-order valence-corrected chi connectivity index (χ0v) is 33.0. The molecule has 4 fully saturated rings. The van der Waals surface area contributed by atoms with Crippen LogP contribution in [0.2, 0.25) is 0 Å². The molecule has 1 spiro atoms. The Morgan fingerprint density at radius 3 is 0.298 bits per heavy atom. The standard InChI is InChI=1S/C27H52.C12H24.C8H16/c1-2-4-6-8-11-15-19-23-27(24-20-16-12-9-7-5-3-1)25-21-17-13-10-14-18-22-26-27;1-2-4-6-8-10-12-11-9-7-5-3-1;1-2-4-6-8-7-5-3-1/h1-26H2;1-12H2;1-8H2. The third kappa shape index (κ3) is 28.4. The zero-order valence-electron chi connectivity index (χ0n) is 33.0. The monoisotopic (exact) mass is 657 g/mol. The van der Waals surface area contributed by atoms with E-state index in [1.807, 2.05) is 0 Å². The van der Waals surface area contributed by atoms with Crippen molar-refractivity contribution >= 4 is 0 Å². The van der Waals surface area contributed by atoms with Gasteiger partial charge in [0.15, 0.2) is 0 Å². The van der Waals surface area contributed by atoms with Crippen LogP contribution in [0, 0.1) is 5.41 Å². The molecule has 0 atom stereocenters. The molecule has 0 heteroatoms. The summed E-state index contributed by atoms with van der Waals surface area (Å²) >= 11 is 0. The lowest BCUT2D eigenvalue weighted by molar-refractivity contribution is 0.168. The molecule has 0 aliphatic heterocycles. The summed E-state index contributed by atoms with van der Waals surface area (Å²) in [6, 6.07) is 0. The minimum absolute atomic E-state index is 0.739. The van der Waals surface area contributed by atoms with Crippen LogP contribution in [0.4, 0.5) is 0 Å². The normalized spacial score (nSPS) is 25.5. The molecule has 4 aliphatic rings. The molecule has 0 unspecified atom stereocenters. The predicted octanol–water partition coefficient (Wildman–Crippen LogP) is 17.9. The Kier molecular flexibility index (Phi) is 31.6. The van der Waals surface area contributed by atoms with Gasteiger partial charge in [-0.25, -0.2) is 0 Å². The molecule has 0 bridgehead atoms. The second-order valence-electron chi connectivity index (χ2n) is 17.3. The first-order valence-electron chi connectivity index (χ1n) is 23.4. The van der Waals surface area contributed by atoms with Crippen molar-refractivity contribution in [3.63, 3.8) is 0 Å². The van der Waals surface area contributed by atoms with E-state index in [1.165, 1.54) is 270 Å². The van der Waals surface area contributed by atoms with E-state index in [1.54, 1.807) is 25.7 Å². The maximum Gasteiger partial charge on any atom is -0.0297 e. The van der Waals surface area contributed by atoms with Gasteiger partial charge >= 0.3 is 0 Å². The largest absolute Gasteiger partial charge is 0.0533 e. The van der Waals surface area contributed by atoms with Crippen molar-refractivity contribution in [3.8, 4) is 0 Å². The first-order valence-corrected chi connectivity index (χ1v) is 23.4. The topological polar surface area (TPSA) is 0 Å². The summed E-state index contributed by atoms with van der Waals surface area (Å²) in [7, 11) is 0. The van der Waals surface area contributed by atoms with Gasteiger partial charge in [0, 0.05) is 0 Å². The van der Waals surface area contributed by atoms with Crippen LogP contribution in [0.1, 0.15) is 295 Å². The highest BCUT2D eigenvalue weighted by Gasteiger charge is 2.28. The smallest absolute Gasteiger partial charge is 0.0297 e. The summed E-state index contributed by atoms with van der Waals surface area (Å²) in [5.74, 6) is 0. The Balaban J connectivity index is 0.000000312. The third-order valence-corrected chi connectivity index (χ3v) is 12.8. The fraction of sp³-hybridized carbons (Fsp3) is 1.00. The number of rotatable bonds is 0. The molecular weight excluding hydrogens is 565 g/mol. The van der Waals surface area contributed by atoms with Gasteiger partial charge in [0.25, 0.3) is 0 Å². The van der Waals surface area contributed by atoms with Gasteiger partial charge in [-0.15, -0.1) is 0 Å². The highest BCUT2D eigenvalue weighted by molar-refractivity contribution is 4.81. The third-order valence-electron chi connectivity index (χ3n) is 12.8. The Bertz CT molecular complexity index is 494. The van der Waals surface area contributed by atoms with E-state index in [0.29, 0.717) is 0 Å². The average molecular weight is 657 g/mol. The SMILES string of the molecule is C1CCCCCCC1.C1CCCCCCCCC2(CCCCCCCC1)CCCCCCCCC2.C1CCCCCCCCCCC1. The summed E-state index contributed by atoms with van der Waals surface area (Å²) in [6.07, 6.45) is 69.5. The molecule has 0 aromatic heterocycles. The minimum atomic E-state index is 0.739. The Labute approximate surface area is 300 Å². The Morgan fingerprint density at radius 2 is 0.191 bits per heavy atom. The van der Waals surface area contributed by atoms with E-state index in [0.717, 1.165) is 5.41 Å². The van der Waals surface area contributed by atoms with Gasteiger partial charge in [-0.2, -0.15) is 0 Å². The van der Waals surface area contributed by atoms with E-state index >= 15 is 0 Å². The molecule has 0 saturated heterocycles.